The van der Waals surface area contributed by atoms with Crippen molar-refractivity contribution < 1.29 is 23.1 Å². The SMILES string of the molecule is CCc1ccc(N2CCN(CC(=O)O)CC2C(F)(F)F)cn1. The molecule has 0 spiro atoms. The van der Waals surface area contributed by atoms with Gasteiger partial charge >= 0.3 is 12.1 Å². The number of carboxylic acid groups (broad SMARTS) is 1. The minimum atomic E-state index is -4.43. The standard InChI is InChI=1S/C14H18F3N3O2/c1-2-10-3-4-11(7-18-10)20-6-5-19(9-13(21)22)8-12(20)14(15,16)17/h3-4,7,12H,2,5-6,8-9H2,1H3,(H,21,22). The van der Waals surface area contributed by atoms with Crippen molar-refractivity contribution in [2.24, 2.45) is 0 Å². The highest BCUT2D eigenvalue weighted by molar-refractivity contribution is 5.69. The molecular weight excluding hydrogens is 299 g/mol. The van der Waals surface area contributed by atoms with E-state index in [1.54, 1.807) is 12.1 Å². The van der Waals surface area contributed by atoms with E-state index in [1.165, 1.54) is 16.0 Å². The van der Waals surface area contributed by atoms with Gasteiger partial charge in [0.15, 0.2) is 0 Å². The highest BCUT2D eigenvalue weighted by Crippen LogP contribution is 2.31. The molecule has 1 N–H and O–H groups in total. The number of aliphatic carboxylic acids is 1. The summed E-state index contributed by atoms with van der Waals surface area (Å²) in [5.74, 6) is -1.12. The molecule has 1 fully saturated rings. The summed E-state index contributed by atoms with van der Waals surface area (Å²) in [6.07, 6.45) is -2.26. The molecular formula is C14H18F3N3O2. The fourth-order valence-corrected chi connectivity index (χ4v) is 2.56. The van der Waals surface area contributed by atoms with Crippen molar-refractivity contribution in [2.75, 3.05) is 31.1 Å². The number of aromatic nitrogens is 1. The molecule has 0 amide bonds. The molecule has 0 aromatic carbocycles. The van der Waals surface area contributed by atoms with Crippen LogP contribution >= 0.6 is 0 Å². The van der Waals surface area contributed by atoms with Crippen LogP contribution in [0.15, 0.2) is 18.3 Å². The number of carbonyl (C=O) groups is 1. The summed E-state index contributed by atoms with van der Waals surface area (Å²) in [5.41, 5.74) is 1.23. The van der Waals surface area contributed by atoms with Gasteiger partial charge in [0, 0.05) is 25.3 Å². The Bertz CT molecular complexity index is 519. The van der Waals surface area contributed by atoms with Crippen molar-refractivity contribution in [3.63, 3.8) is 0 Å². The van der Waals surface area contributed by atoms with Crippen molar-refractivity contribution in [1.82, 2.24) is 9.88 Å². The van der Waals surface area contributed by atoms with Crippen LogP contribution in [0.2, 0.25) is 0 Å². The van der Waals surface area contributed by atoms with Crippen molar-refractivity contribution in [3.8, 4) is 0 Å². The predicted octanol–water partition coefficient (Wildman–Crippen LogP) is 1.78. The Morgan fingerprint density at radius 3 is 2.64 bits per heavy atom. The molecule has 1 saturated heterocycles. The molecule has 1 aromatic heterocycles. The Labute approximate surface area is 126 Å². The van der Waals surface area contributed by atoms with E-state index < -0.39 is 18.2 Å². The predicted molar refractivity (Wildman–Crippen MR) is 74.9 cm³/mol. The molecule has 0 bridgehead atoms. The largest absolute Gasteiger partial charge is 0.480 e. The first-order chi connectivity index (χ1) is 10.3. The zero-order chi connectivity index (χ0) is 16.3. The fraction of sp³-hybridized carbons (Fsp3) is 0.571. The number of pyridine rings is 1. The van der Waals surface area contributed by atoms with Crippen LogP contribution in [0.3, 0.4) is 0 Å². The molecule has 1 aliphatic heterocycles. The zero-order valence-electron chi connectivity index (χ0n) is 12.2. The number of carboxylic acids is 1. The van der Waals surface area contributed by atoms with Gasteiger partial charge in [0.25, 0.3) is 0 Å². The second-order valence-corrected chi connectivity index (χ2v) is 5.24. The monoisotopic (exact) mass is 317 g/mol. The summed E-state index contributed by atoms with van der Waals surface area (Å²) in [6, 6.07) is 1.62. The van der Waals surface area contributed by atoms with Crippen molar-refractivity contribution in [1.29, 1.82) is 0 Å². The van der Waals surface area contributed by atoms with Crippen LogP contribution in [-0.2, 0) is 11.2 Å². The van der Waals surface area contributed by atoms with Crippen LogP contribution in [0.25, 0.3) is 0 Å². The highest BCUT2D eigenvalue weighted by atomic mass is 19.4. The number of anilines is 1. The van der Waals surface area contributed by atoms with Gasteiger partial charge in [-0.2, -0.15) is 13.2 Å². The molecule has 0 aliphatic carbocycles. The number of halogens is 3. The van der Waals surface area contributed by atoms with Crippen LogP contribution in [0.1, 0.15) is 12.6 Å². The van der Waals surface area contributed by atoms with Gasteiger partial charge in [-0.15, -0.1) is 0 Å². The van der Waals surface area contributed by atoms with E-state index in [-0.39, 0.29) is 26.2 Å². The molecule has 122 valence electrons. The summed E-state index contributed by atoms with van der Waals surface area (Å²) in [6.45, 7) is 1.57. The first-order valence-corrected chi connectivity index (χ1v) is 7.03. The molecule has 1 aliphatic rings. The maximum Gasteiger partial charge on any atom is 0.409 e. The first kappa shape index (κ1) is 16.5. The number of hydrogen-bond acceptors (Lipinski definition) is 4. The molecule has 0 saturated carbocycles. The topological polar surface area (TPSA) is 56.7 Å². The summed E-state index contributed by atoms with van der Waals surface area (Å²) < 4.78 is 39.9. The first-order valence-electron chi connectivity index (χ1n) is 7.03. The quantitative estimate of drug-likeness (QED) is 0.917. The van der Waals surface area contributed by atoms with E-state index in [0.717, 1.165) is 12.1 Å². The third kappa shape index (κ3) is 3.88. The van der Waals surface area contributed by atoms with E-state index >= 15 is 0 Å². The minimum absolute atomic E-state index is 0.116. The summed E-state index contributed by atoms with van der Waals surface area (Å²) in [7, 11) is 0. The lowest BCUT2D eigenvalue weighted by Crippen LogP contribution is -2.59. The third-order valence-electron chi connectivity index (χ3n) is 3.70. The molecule has 1 unspecified atom stereocenters. The zero-order valence-corrected chi connectivity index (χ0v) is 12.2. The Morgan fingerprint density at radius 1 is 1.41 bits per heavy atom. The number of hydrogen-bond donors (Lipinski definition) is 1. The molecule has 0 radical (unpaired) electrons. The molecule has 2 rings (SSSR count). The number of aryl methyl sites for hydroxylation is 1. The second-order valence-electron chi connectivity index (χ2n) is 5.24. The van der Waals surface area contributed by atoms with E-state index in [9.17, 15) is 18.0 Å². The molecule has 8 heteroatoms. The Kier molecular flexibility index (Phi) is 4.90. The van der Waals surface area contributed by atoms with E-state index in [1.807, 2.05) is 6.92 Å². The van der Waals surface area contributed by atoms with Crippen LogP contribution in [0, 0.1) is 0 Å². The maximum atomic E-state index is 13.3. The average molecular weight is 317 g/mol. The number of rotatable bonds is 4. The lowest BCUT2D eigenvalue weighted by atomic mass is 10.1. The van der Waals surface area contributed by atoms with Gasteiger partial charge in [-0.1, -0.05) is 6.92 Å². The molecule has 1 aromatic rings. The Hall–Kier alpha value is -1.83. The van der Waals surface area contributed by atoms with Crippen LogP contribution < -0.4 is 4.90 Å². The lowest BCUT2D eigenvalue weighted by Gasteiger charge is -2.42. The summed E-state index contributed by atoms with van der Waals surface area (Å²) >= 11 is 0. The Balaban J connectivity index is 2.20. The maximum absolute atomic E-state index is 13.3. The van der Waals surface area contributed by atoms with Crippen LogP contribution in [0.4, 0.5) is 18.9 Å². The molecule has 2 heterocycles. The number of piperazine rings is 1. The lowest BCUT2D eigenvalue weighted by molar-refractivity contribution is -0.159. The van der Waals surface area contributed by atoms with Gasteiger partial charge in [0.2, 0.25) is 0 Å². The summed E-state index contributed by atoms with van der Waals surface area (Å²) in [4.78, 5) is 17.4. The van der Waals surface area contributed by atoms with E-state index in [4.69, 9.17) is 5.11 Å². The minimum Gasteiger partial charge on any atom is -0.480 e. The van der Waals surface area contributed by atoms with E-state index in [0.29, 0.717) is 5.69 Å². The molecule has 22 heavy (non-hydrogen) atoms. The highest BCUT2D eigenvalue weighted by Gasteiger charge is 2.46. The molecule has 5 nitrogen and oxygen atoms in total. The van der Waals surface area contributed by atoms with Crippen molar-refractivity contribution in [2.45, 2.75) is 25.6 Å². The normalized spacial score (nSPS) is 20.2. The second kappa shape index (κ2) is 6.51. The summed E-state index contributed by atoms with van der Waals surface area (Å²) in [5, 5.41) is 8.75. The number of alkyl halides is 3. The molecule has 1 atom stereocenters. The smallest absolute Gasteiger partial charge is 0.409 e. The number of nitrogens with zero attached hydrogens (tertiary/aromatic N) is 3. The fourth-order valence-electron chi connectivity index (χ4n) is 2.56. The van der Waals surface area contributed by atoms with Gasteiger partial charge in [-0.25, -0.2) is 0 Å². The van der Waals surface area contributed by atoms with Gasteiger partial charge in [-0.05, 0) is 18.6 Å². The van der Waals surface area contributed by atoms with Gasteiger partial charge in [0.05, 0.1) is 18.4 Å². The van der Waals surface area contributed by atoms with Gasteiger partial charge < -0.3 is 10.0 Å². The van der Waals surface area contributed by atoms with Crippen LogP contribution in [-0.4, -0.2) is 59.4 Å². The van der Waals surface area contributed by atoms with Crippen molar-refractivity contribution >= 4 is 11.7 Å². The average Bonchev–Trinajstić information content (AvgIpc) is 2.46. The van der Waals surface area contributed by atoms with Gasteiger partial charge in [0.1, 0.15) is 6.04 Å². The van der Waals surface area contributed by atoms with Crippen molar-refractivity contribution in [3.05, 3.63) is 24.0 Å². The third-order valence-corrected chi connectivity index (χ3v) is 3.70. The van der Waals surface area contributed by atoms with E-state index in [2.05, 4.69) is 4.98 Å². The van der Waals surface area contributed by atoms with Crippen LogP contribution in [0.5, 0.6) is 0 Å². The Morgan fingerprint density at radius 2 is 2.14 bits per heavy atom. The van der Waals surface area contributed by atoms with Gasteiger partial charge in [-0.3, -0.25) is 14.7 Å².